The minimum atomic E-state index is -0.505. The summed E-state index contributed by atoms with van der Waals surface area (Å²) in [4.78, 5) is 11.8. The lowest BCUT2D eigenvalue weighted by Gasteiger charge is -2.17. The predicted molar refractivity (Wildman–Crippen MR) is 87.6 cm³/mol. The molecular weight excluding hydrogens is 344 g/mol. The van der Waals surface area contributed by atoms with Crippen molar-refractivity contribution in [2.24, 2.45) is 0 Å². The van der Waals surface area contributed by atoms with Gasteiger partial charge in [0, 0.05) is 17.1 Å². The van der Waals surface area contributed by atoms with Crippen molar-refractivity contribution in [2.75, 3.05) is 13.1 Å². The zero-order valence-corrected chi connectivity index (χ0v) is 14.4. The third kappa shape index (κ3) is 7.12. The summed E-state index contributed by atoms with van der Waals surface area (Å²) in [5, 5.41) is 6.10. The number of hydrogen-bond donors (Lipinski definition) is 2. The Morgan fingerprint density at radius 3 is 2.45 bits per heavy atom. The van der Waals surface area contributed by atoms with Crippen LogP contribution in [0.5, 0.6) is 5.75 Å². The highest BCUT2D eigenvalue weighted by molar-refractivity contribution is 9.10. The van der Waals surface area contributed by atoms with E-state index < -0.39 is 6.10 Å². The molecule has 2 atom stereocenters. The SMILES string of the molecule is CCN[C@H](C)CNC(=O)C(C)Oc1ccc(Br)cc1.Cl. The molecule has 0 saturated heterocycles. The van der Waals surface area contributed by atoms with Gasteiger partial charge in [-0.2, -0.15) is 0 Å². The summed E-state index contributed by atoms with van der Waals surface area (Å²) in [5.74, 6) is 0.582. The number of rotatable bonds is 7. The molecule has 4 nitrogen and oxygen atoms in total. The quantitative estimate of drug-likeness (QED) is 0.781. The average molecular weight is 366 g/mol. The molecule has 1 aromatic rings. The summed E-state index contributed by atoms with van der Waals surface area (Å²) in [5.41, 5.74) is 0. The Hall–Kier alpha value is -0.780. The number of carbonyl (C=O) groups is 1. The highest BCUT2D eigenvalue weighted by atomic mass is 79.9. The Kier molecular flexibility index (Phi) is 9.63. The van der Waals surface area contributed by atoms with Gasteiger partial charge in [0.2, 0.25) is 0 Å². The van der Waals surface area contributed by atoms with E-state index in [2.05, 4.69) is 26.6 Å². The van der Waals surface area contributed by atoms with Gasteiger partial charge in [-0.05, 0) is 44.7 Å². The highest BCUT2D eigenvalue weighted by Crippen LogP contribution is 2.17. The van der Waals surface area contributed by atoms with E-state index in [0.29, 0.717) is 12.3 Å². The van der Waals surface area contributed by atoms with Crippen molar-refractivity contribution in [2.45, 2.75) is 32.9 Å². The van der Waals surface area contributed by atoms with Gasteiger partial charge in [0.05, 0.1) is 0 Å². The van der Waals surface area contributed by atoms with Crippen LogP contribution in [0.1, 0.15) is 20.8 Å². The minimum absolute atomic E-state index is 0. The molecule has 114 valence electrons. The molecule has 1 rings (SSSR count). The first-order valence-electron chi connectivity index (χ1n) is 6.46. The molecule has 0 fully saturated rings. The average Bonchev–Trinajstić information content (AvgIpc) is 2.39. The van der Waals surface area contributed by atoms with Crippen molar-refractivity contribution in [1.29, 1.82) is 0 Å². The molecule has 6 heteroatoms. The van der Waals surface area contributed by atoms with E-state index in [1.54, 1.807) is 6.92 Å². The first-order chi connectivity index (χ1) is 9.02. The van der Waals surface area contributed by atoms with Crippen LogP contribution in [0.4, 0.5) is 0 Å². The maximum absolute atomic E-state index is 11.8. The van der Waals surface area contributed by atoms with Crippen molar-refractivity contribution >= 4 is 34.2 Å². The largest absolute Gasteiger partial charge is 0.481 e. The molecule has 20 heavy (non-hydrogen) atoms. The van der Waals surface area contributed by atoms with Crippen LogP contribution in [0.15, 0.2) is 28.7 Å². The molecule has 0 radical (unpaired) electrons. The first-order valence-corrected chi connectivity index (χ1v) is 7.25. The Labute approximate surface area is 135 Å². The van der Waals surface area contributed by atoms with Crippen LogP contribution >= 0.6 is 28.3 Å². The molecule has 1 aromatic carbocycles. The number of carbonyl (C=O) groups excluding carboxylic acids is 1. The smallest absolute Gasteiger partial charge is 0.260 e. The van der Waals surface area contributed by atoms with Crippen LogP contribution in [0.3, 0.4) is 0 Å². The van der Waals surface area contributed by atoms with E-state index in [0.717, 1.165) is 11.0 Å². The Morgan fingerprint density at radius 1 is 1.30 bits per heavy atom. The van der Waals surface area contributed by atoms with E-state index >= 15 is 0 Å². The fourth-order valence-electron chi connectivity index (χ4n) is 1.59. The van der Waals surface area contributed by atoms with Gasteiger partial charge in [-0.1, -0.05) is 22.9 Å². The predicted octanol–water partition coefficient (Wildman–Crippen LogP) is 2.75. The van der Waals surface area contributed by atoms with Gasteiger partial charge in [-0.3, -0.25) is 4.79 Å². The fraction of sp³-hybridized carbons (Fsp3) is 0.500. The number of benzene rings is 1. The topological polar surface area (TPSA) is 50.4 Å². The first kappa shape index (κ1) is 19.2. The summed E-state index contributed by atoms with van der Waals surface area (Å²) in [7, 11) is 0. The van der Waals surface area contributed by atoms with Crippen molar-refractivity contribution in [3.05, 3.63) is 28.7 Å². The third-order valence-electron chi connectivity index (χ3n) is 2.63. The van der Waals surface area contributed by atoms with Crippen molar-refractivity contribution in [3.8, 4) is 5.75 Å². The zero-order valence-electron chi connectivity index (χ0n) is 12.0. The number of ether oxygens (including phenoxy) is 1. The van der Waals surface area contributed by atoms with E-state index in [4.69, 9.17) is 4.74 Å². The molecule has 0 aromatic heterocycles. The van der Waals surface area contributed by atoms with Gasteiger partial charge in [0.15, 0.2) is 6.10 Å². The highest BCUT2D eigenvalue weighted by Gasteiger charge is 2.14. The fourth-order valence-corrected chi connectivity index (χ4v) is 1.85. The van der Waals surface area contributed by atoms with E-state index in [1.165, 1.54) is 0 Å². The Bertz CT molecular complexity index is 401. The Balaban J connectivity index is 0.00000361. The van der Waals surface area contributed by atoms with Crippen molar-refractivity contribution < 1.29 is 9.53 Å². The zero-order chi connectivity index (χ0) is 14.3. The number of halogens is 2. The summed E-state index contributed by atoms with van der Waals surface area (Å²) >= 11 is 3.35. The molecule has 0 aliphatic heterocycles. The van der Waals surface area contributed by atoms with E-state index in [1.807, 2.05) is 38.1 Å². The summed E-state index contributed by atoms with van der Waals surface area (Å²) in [6, 6.07) is 7.68. The monoisotopic (exact) mass is 364 g/mol. The standard InChI is InChI=1S/C14H21BrN2O2.ClH/c1-4-16-10(2)9-17-14(18)11(3)19-13-7-5-12(15)6-8-13;/h5-8,10-11,16H,4,9H2,1-3H3,(H,17,18);1H/t10-,11?;/m1./s1. The van der Waals surface area contributed by atoms with Gasteiger partial charge in [-0.15, -0.1) is 12.4 Å². The van der Waals surface area contributed by atoms with Crippen LogP contribution in [0, 0.1) is 0 Å². The lowest BCUT2D eigenvalue weighted by molar-refractivity contribution is -0.127. The molecule has 0 bridgehead atoms. The molecule has 0 heterocycles. The maximum Gasteiger partial charge on any atom is 0.260 e. The van der Waals surface area contributed by atoms with Crippen LogP contribution in [0.2, 0.25) is 0 Å². The second-order valence-electron chi connectivity index (χ2n) is 4.42. The second kappa shape index (κ2) is 10.0. The molecule has 0 aliphatic rings. The van der Waals surface area contributed by atoms with Crippen molar-refractivity contribution in [3.63, 3.8) is 0 Å². The molecule has 1 unspecified atom stereocenters. The van der Waals surface area contributed by atoms with E-state index in [-0.39, 0.29) is 24.4 Å². The number of likely N-dealkylation sites (N-methyl/N-ethyl adjacent to an activating group) is 1. The third-order valence-corrected chi connectivity index (χ3v) is 3.16. The summed E-state index contributed by atoms with van der Waals surface area (Å²) < 4.78 is 6.55. The molecule has 2 N–H and O–H groups in total. The maximum atomic E-state index is 11.8. The number of amides is 1. The van der Waals surface area contributed by atoms with Gasteiger partial charge in [-0.25, -0.2) is 0 Å². The van der Waals surface area contributed by atoms with Gasteiger partial charge in [0.25, 0.3) is 5.91 Å². The number of hydrogen-bond acceptors (Lipinski definition) is 3. The van der Waals surface area contributed by atoms with Gasteiger partial charge < -0.3 is 15.4 Å². The van der Waals surface area contributed by atoms with Crippen LogP contribution in [-0.2, 0) is 4.79 Å². The number of nitrogens with one attached hydrogen (secondary N) is 2. The van der Waals surface area contributed by atoms with Crippen molar-refractivity contribution in [1.82, 2.24) is 10.6 Å². The van der Waals surface area contributed by atoms with Gasteiger partial charge in [0.1, 0.15) is 5.75 Å². The van der Waals surface area contributed by atoms with Gasteiger partial charge >= 0.3 is 0 Å². The molecule has 0 spiro atoms. The molecular formula is C14H22BrClN2O2. The second-order valence-corrected chi connectivity index (χ2v) is 5.33. The van der Waals surface area contributed by atoms with Crippen LogP contribution in [-0.4, -0.2) is 31.1 Å². The Morgan fingerprint density at radius 2 is 1.90 bits per heavy atom. The van der Waals surface area contributed by atoms with Crippen LogP contribution < -0.4 is 15.4 Å². The lowest BCUT2D eigenvalue weighted by atomic mass is 10.3. The normalized spacial score (nSPS) is 13.0. The summed E-state index contributed by atoms with van der Waals surface area (Å²) in [6.45, 7) is 7.31. The molecule has 0 aliphatic carbocycles. The van der Waals surface area contributed by atoms with Crippen LogP contribution in [0.25, 0.3) is 0 Å². The molecule has 1 amide bonds. The summed E-state index contributed by atoms with van der Waals surface area (Å²) in [6.07, 6.45) is -0.505. The van der Waals surface area contributed by atoms with E-state index in [9.17, 15) is 4.79 Å². The molecule has 0 saturated carbocycles. The minimum Gasteiger partial charge on any atom is -0.481 e. The lowest BCUT2D eigenvalue weighted by Crippen LogP contribution is -2.43.